The maximum atomic E-state index is 10.3. The summed E-state index contributed by atoms with van der Waals surface area (Å²) >= 11 is 23.6. The van der Waals surface area contributed by atoms with Gasteiger partial charge in [0.05, 0.1) is 0 Å². The Bertz CT molecular complexity index is 491. The monoisotopic (exact) mass is 320 g/mol. The van der Waals surface area contributed by atoms with Gasteiger partial charge in [0.2, 0.25) is 0 Å². The maximum absolute atomic E-state index is 10.3. The molecule has 0 aliphatic carbocycles. The summed E-state index contributed by atoms with van der Waals surface area (Å²) in [5.74, 6) is 0. The highest BCUT2D eigenvalue weighted by molar-refractivity contribution is 6.35. The van der Waals surface area contributed by atoms with Crippen LogP contribution in [-0.4, -0.2) is 5.11 Å². The van der Waals surface area contributed by atoms with E-state index in [1.54, 1.807) is 36.4 Å². The van der Waals surface area contributed by atoms with Crippen LogP contribution in [0.5, 0.6) is 0 Å². The number of halogens is 4. The van der Waals surface area contributed by atoms with E-state index in [0.717, 1.165) is 0 Å². The van der Waals surface area contributed by atoms with Crippen molar-refractivity contribution in [2.45, 2.75) is 6.10 Å². The quantitative estimate of drug-likeness (QED) is 0.787. The fourth-order valence-corrected chi connectivity index (χ4v) is 2.74. The smallest absolute Gasteiger partial charge is 0.104 e. The van der Waals surface area contributed by atoms with E-state index in [9.17, 15) is 5.11 Å². The molecule has 0 amide bonds. The maximum Gasteiger partial charge on any atom is 0.104 e. The number of rotatable bonds is 2. The van der Waals surface area contributed by atoms with Gasteiger partial charge in [0.15, 0.2) is 0 Å². The molecular formula is C13H8Cl4O. The van der Waals surface area contributed by atoms with Crippen molar-refractivity contribution in [2.75, 3.05) is 0 Å². The molecule has 0 fully saturated rings. The second-order valence-corrected chi connectivity index (χ2v) is 5.55. The van der Waals surface area contributed by atoms with E-state index in [-0.39, 0.29) is 0 Å². The average molecular weight is 322 g/mol. The molecule has 1 N–H and O–H groups in total. The van der Waals surface area contributed by atoms with E-state index >= 15 is 0 Å². The molecule has 0 heterocycles. The Balaban J connectivity index is 2.43. The lowest BCUT2D eigenvalue weighted by molar-refractivity contribution is 0.220. The summed E-state index contributed by atoms with van der Waals surface area (Å²) in [4.78, 5) is 0. The zero-order valence-corrected chi connectivity index (χ0v) is 12.0. The van der Waals surface area contributed by atoms with Crippen LogP contribution in [0.3, 0.4) is 0 Å². The lowest BCUT2D eigenvalue weighted by Gasteiger charge is -2.13. The molecule has 94 valence electrons. The van der Waals surface area contributed by atoms with Gasteiger partial charge in [-0.15, -0.1) is 0 Å². The average Bonchev–Trinajstić information content (AvgIpc) is 2.25. The predicted octanol–water partition coefficient (Wildman–Crippen LogP) is 5.38. The Hall–Kier alpha value is -0.440. The van der Waals surface area contributed by atoms with E-state index in [1.807, 2.05) is 0 Å². The number of hydrogen-bond donors (Lipinski definition) is 1. The van der Waals surface area contributed by atoms with Gasteiger partial charge in [-0.3, -0.25) is 0 Å². The minimum absolute atomic E-state index is 0.463. The van der Waals surface area contributed by atoms with Gasteiger partial charge < -0.3 is 5.11 Å². The van der Waals surface area contributed by atoms with Gasteiger partial charge in [-0.2, -0.15) is 0 Å². The number of aliphatic hydroxyl groups excluding tert-OH is 1. The first-order valence-corrected chi connectivity index (χ1v) is 6.57. The molecule has 18 heavy (non-hydrogen) atoms. The van der Waals surface area contributed by atoms with Crippen molar-refractivity contribution >= 4 is 46.4 Å². The third-order valence-corrected chi connectivity index (χ3v) is 3.27. The van der Waals surface area contributed by atoms with Gasteiger partial charge in [-0.25, -0.2) is 0 Å². The largest absolute Gasteiger partial charge is 0.384 e. The highest BCUT2D eigenvalue weighted by Gasteiger charge is 2.13. The van der Waals surface area contributed by atoms with Crippen molar-refractivity contribution in [1.29, 1.82) is 0 Å². The first-order valence-electron chi connectivity index (χ1n) is 5.06. The lowest BCUT2D eigenvalue weighted by atomic mass is 10.0. The minimum Gasteiger partial charge on any atom is -0.384 e. The third-order valence-electron chi connectivity index (χ3n) is 2.40. The van der Waals surface area contributed by atoms with Crippen LogP contribution in [0.1, 0.15) is 17.2 Å². The summed E-state index contributed by atoms with van der Waals surface area (Å²) in [5.41, 5.74) is 1.18. The second-order valence-electron chi connectivity index (χ2n) is 3.81. The summed E-state index contributed by atoms with van der Waals surface area (Å²) in [6.07, 6.45) is -0.877. The molecule has 0 spiro atoms. The Morgan fingerprint density at radius 2 is 0.889 bits per heavy atom. The number of hydrogen-bond acceptors (Lipinski definition) is 1. The fraction of sp³-hybridized carbons (Fsp3) is 0.0769. The highest BCUT2D eigenvalue weighted by atomic mass is 35.5. The van der Waals surface area contributed by atoms with E-state index in [2.05, 4.69) is 0 Å². The van der Waals surface area contributed by atoms with Crippen molar-refractivity contribution < 1.29 is 5.11 Å². The van der Waals surface area contributed by atoms with E-state index in [4.69, 9.17) is 46.4 Å². The molecule has 2 rings (SSSR count). The molecular weight excluding hydrogens is 314 g/mol. The molecule has 2 aromatic carbocycles. The third kappa shape index (κ3) is 3.31. The molecule has 0 aromatic heterocycles. The van der Waals surface area contributed by atoms with Gasteiger partial charge in [0, 0.05) is 20.1 Å². The SMILES string of the molecule is OC(c1cc(Cl)cc(Cl)c1)c1cc(Cl)cc(Cl)c1. The molecule has 0 unspecified atom stereocenters. The molecule has 1 nitrogen and oxygen atoms in total. The van der Waals surface area contributed by atoms with Crippen LogP contribution in [0, 0.1) is 0 Å². The van der Waals surface area contributed by atoms with Gasteiger partial charge in [-0.05, 0) is 47.5 Å². The van der Waals surface area contributed by atoms with Crippen molar-refractivity contribution in [1.82, 2.24) is 0 Å². The Morgan fingerprint density at radius 1 is 0.611 bits per heavy atom. The molecule has 0 saturated heterocycles. The van der Waals surface area contributed by atoms with Crippen LogP contribution >= 0.6 is 46.4 Å². The summed E-state index contributed by atoms with van der Waals surface area (Å²) in [7, 11) is 0. The Kier molecular flexibility index (Phi) is 4.41. The fourth-order valence-electron chi connectivity index (χ4n) is 1.66. The van der Waals surface area contributed by atoms with Crippen LogP contribution in [0.15, 0.2) is 36.4 Å². The van der Waals surface area contributed by atoms with Crippen LogP contribution in [0.25, 0.3) is 0 Å². The van der Waals surface area contributed by atoms with E-state index in [0.29, 0.717) is 31.2 Å². The van der Waals surface area contributed by atoms with Crippen molar-refractivity contribution in [2.24, 2.45) is 0 Å². The van der Waals surface area contributed by atoms with Crippen LogP contribution in [-0.2, 0) is 0 Å². The Labute approximate surface area is 125 Å². The molecule has 0 radical (unpaired) electrons. The molecule has 0 bridgehead atoms. The first kappa shape index (κ1) is 14.0. The topological polar surface area (TPSA) is 20.2 Å². The van der Waals surface area contributed by atoms with Gasteiger partial charge in [-0.1, -0.05) is 46.4 Å². The Morgan fingerprint density at radius 3 is 1.17 bits per heavy atom. The second kappa shape index (κ2) is 5.68. The van der Waals surface area contributed by atoms with Gasteiger partial charge in [0.25, 0.3) is 0 Å². The molecule has 0 aliphatic rings. The normalized spacial score (nSPS) is 11.0. The zero-order chi connectivity index (χ0) is 13.3. The first-order chi connectivity index (χ1) is 8.45. The van der Waals surface area contributed by atoms with Crippen LogP contribution in [0.2, 0.25) is 20.1 Å². The van der Waals surface area contributed by atoms with Crippen molar-refractivity contribution in [3.05, 3.63) is 67.6 Å². The molecule has 0 atom stereocenters. The highest BCUT2D eigenvalue weighted by Crippen LogP contribution is 2.30. The molecule has 0 aliphatic heterocycles. The zero-order valence-electron chi connectivity index (χ0n) is 9.00. The standard InChI is InChI=1S/C13H8Cl4O/c14-9-1-7(2-10(15)5-9)13(18)8-3-11(16)6-12(17)4-8/h1-6,13,18H. The predicted molar refractivity (Wildman–Crippen MR) is 77.0 cm³/mol. The molecule has 5 heteroatoms. The van der Waals surface area contributed by atoms with E-state index in [1.165, 1.54) is 0 Å². The summed E-state index contributed by atoms with van der Waals surface area (Å²) in [6.45, 7) is 0. The summed E-state index contributed by atoms with van der Waals surface area (Å²) in [5, 5.41) is 12.1. The number of benzene rings is 2. The molecule has 2 aromatic rings. The van der Waals surface area contributed by atoms with Gasteiger partial charge in [0.1, 0.15) is 6.10 Å². The van der Waals surface area contributed by atoms with Crippen LogP contribution < -0.4 is 0 Å². The minimum atomic E-state index is -0.877. The summed E-state index contributed by atoms with van der Waals surface area (Å²) in [6, 6.07) is 9.79. The summed E-state index contributed by atoms with van der Waals surface area (Å²) < 4.78 is 0. The molecule has 0 saturated carbocycles. The van der Waals surface area contributed by atoms with Gasteiger partial charge >= 0.3 is 0 Å². The van der Waals surface area contributed by atoms with Crippen molar-refractivity contribution in [3.8, 4) is 0 Å². The van der Waals surface area contributed by atoms with E-state index < -0.39 is 6.10 Å². The van der Waals surface area contributed by atoms with Crippen LogP contribution in [0.4, 0.5) is 0 Å². The lowest BCUT2D eigenvalue weighted by Crippen LogP contribution is -1.99. The number of aliphatic hydroxyl groups is 1. The van der Waals surface area contributed by atoms with Crippen molar-refractivity contribution in [3.63, 3.8) is 0 Å².